The molecule has 1 atom stereocenters. The molecule has 0 heterocycles. The number of rotatable bonds is 4. The maximum Gasteiger partial charge on any atom is 0.251 e. The highest BCUT2D eigenvalue weighted by atomic mass is 33.1. The highest BCUT2D eigenvalue weighted by Crippen LogP contribution is 2.42. The van der Waals surface area contributed by atoms with E-state index >= 15 is 0 Å². The molecule has 0 bridgehead atoms. The first-order chi connectivity index (χ1) is 5.74. The molecule has 13 heavy (non-hydrogen) atoms. The molecular formula is C9H18F2S2. The summed E-state index contributed by atoms with van der Waals surface area (Å²) in [5, 5.41) is -0.552. The van der Waals surface area contributed by atoms with Gasteiger partial charge in [0.25, 0.3) is 6.43 Å². The van der Waals surface area contributed by atoms with E-state index in [9.17, 15) is 8.78 Å². The van der Waals surface area contributed by atoms with Crippen molar-refractivity contribution in [2.75, 3.05) is 0 Å². The lowest BCUT2D eigenvalue weighted by Gasteiger charge is -2.23. The molecule has 0 aliphatic heterocycles. The lowest BCUT2D eigenvalue weighted by atomic mass is 10.1. The monoisotopic (exact) mass is 228 g/mol. The predicted molar refractivity (Wildman–Crippen MR) is 59.6 cm³/mol. The van der Waals surface area contributed by atoms with Gasteiger partial charge in [-0.25, -0.2) is 8.78 Å². The molecule has 0 radical (unpaired) electrons. The van der Waals surface area contributed by atoms with Crippen LogP contribution >= 0.6 is 21.6 Å². The van der Waals surface area contributed by atoms with Crippen LogP contribution < -0.4 is 0 Å². The van der Waals surface area contributed by atoms with Crippen molar-refractivity contribution in [2.45, 2.75) is 51.0 Å². The molecule has 0 aliphatic rings. The van der Waals surface area contributed by atoms with E-state index in [0.717, 1.165) is 0 Å². The van der Waals surface area contributed by atoms with E-state index in [0.29, 0.717) is 0 Å². The Morgan fingerprint density at radius 3 is 1.77 bits per heavy atom. The van der Waals surface area contributed by atoms with E-state index in [-0.39, 0.29) is 10.7 Å². The summed E-state index contributed by atoms with van der Waals surface area (Å²) in [7, 11) is 2.85. The fraction of sp³-hybridized carbons (Fsp3) is 1.00. The van der Waals surface area contributed by atoms with Crippen LogP contribution in [0, 0.1) is 5.92 Å². The van der Waals surface area contributed by atoms with Gasteiger partial charge in [0.05, 0.1) is 5.25 Å². The molecule has 0 aromatic heterocycles. The molecule has 0 fully saturated rings. The topological polar surface area (TPSA) is 0 Å². The maximum absolute atomic E-state index is 12.5. The molecule has 0 amide bonds. The van der Waals surface area contributed by atoms with Crippen molar-refractivity contribution in [3.8, 4) is 0 Å². The van der Waals surface area contributed by atoms with Crippen molar-refractivity contribution >= 4 is 21.6 Å². The van der Waals surface area contributed by atoms with Gasteiger partial charge in [0.15, 0.2) is 0 Å². The third-order valence-corrected chi connectivity index (χ3v) is 5.34. The van der Waals surface area contributed by atoms with Crippen LogP contribution in [-0.4, -0.2) is 16.4 Å². The van der Waals surface area contributed by atoms with Crippen LogP contribution in [0.3, 0.4) is 0 Å². The van der Waals surface area contributed by atoms with Crippen molar-refractivity contribution < 1.29 is 8.78 Å². The van der Waals surface area contributed by atoms with Crippen LogP contribution in [0.4, 0.5) is 8.78 Å². The SMILES string of the molecule is CC(C)[C@H](SSC(C)(C)C)C(F)F. The number of alkyl halides is 2. The zero-order valence-corrected chi connectivity index (χ0v) is 10.4. The van der Waals surface area contributed by atoms with Gasteiger partial charge < -0.3 is 0 Å². The van der Waals surface area contributed by atoms with Gasteiger partial charge in [-0.15, -0.1) is 0 Å². The molecule has 0 spiro atoms. The van der Waals surface area contributed by atoms with Crippen molar-refractivity contribution in [3.63, 3.8) is 0 Å². The summed E-state index contributed by atoms with van der Waals surface area (Å²) in [6.07, 6.45) is -2.22. The van der Waals surface area contributed by atoms with Gasteiger partial charge in [0.1, 0.15) is 0 Å². The zero-order chi connectivity index (χ0) is 10.6. The average Bonchev–Trinajstić information content (AvgIpc) is 1.82. The molecule has 0 unspecified atom stereocenters. The van der Waals surface area contributed by atoms with Crippen molar-refractivity contribution in [1.82, 2.24) is 0 Å². The molecule has 0 saturated carbocycles. The molecule has 0 N–H and O–H groups in total. The van der Waals surface area contributed by atoms with Crippen LogP contribution in [0.5, 0.6) is 0 Å². The fourth-order valence-electron chi connectivity index (χ4n) is 0.644. The Morgan fingerprint density at radius 1 is 1.08 bits per heavy atom. The smallest absolute Gasteiger partial charge is 0.209 e. The summed E-state index contributed by atoms with van der Waals surface area (Å²) in [5.74, 6) is 0.0276. The molecule has 0 aromatic rings. The Balaban J connectivity index is 3.98. The van der Waals surface area contributed by atoms with Crippen molar-refractivity contribution in [3.05, 3.63) is 0 Å². The van der Waals surface area contributed by atoms with E-state index < -0.39 is 11.7 Å². The third kappa shape index (κ3) is 6.61. The van der Waals surface area contributed by atoms with Gasteiger partial charge in [-0.2, -0.15) is 0 Å². The maximum atomic E-state index is 12.5. The van der Waals surface area contributed by atoms with E-state index in [2.05, 4.69) is 0 Å². The Morgan fingerprint density at radius 2 is 1.54 bits per heavy atom. The lowest BCUT2D eigenvalue weighted by Crippen LogP contribution is -2.21. The molecule has 4 heteroatoms. The first-order valence-corrected chi connectivity index (χ1v) is 6.58. The van der Waals surface area contributed by atoms with Crippen LogP contribution in [-0.2, 0) is 0 Å². The van der Waals surface area contributed by atoms with Gasteiger partial charge in [0, 0.05) is 4.75 Å². The first-order valence-electron chi connectivity index (χ1n) is 4.36. The van der Waals surface area contributed by atoms with Gasteiger partial charge in [-0.3, -0.25) is 0 Å². The van der Waals surface area contributed by atoms with Gasteiger partial charge in [0.2, 0.25) is 0 Å². The highest BCUT2D eigenvalue weighted by molar-refractivity contribution is 8.77. The molecule has 80 valence electrons. The molecule has 0 aliphatic carbocycles. The normalized spacial score (nSPS) is 15.5. The Bertz CT molecular complexity index is 133. The molecule has 0 nitrogen and oxygen atoms in total. The Labute approximate surface area is 87.6 Å². The minimum absolute atomic E-state index is 0.0276. The lowest BCUT2D eigenvalue weighted by molar-refractivity contribution is 0.130. The fourth-order valence-corrected chi connectivity index (χ4v) is 3.47. The van der Waals surface area contributed by atoms with Crippen molar-refractivity contribution in [2.24, 2.45) is 5.92 Å². The van der Waals surface area contributed by atoms with Gasteiger partial charge in [-0.1, -0.05) is 56.2 Å². The minimum atomic E-state index is -2.22. The largest absolute Gasteiger partial charge is 0.251 e. The Kier molecular flexibility index (Phi) is 5.68. The molecular weight excluding hydrogens is 210 g/mol. The van der Waals surface area contributed by atoms with Crippen LogP contribution in [0.2, 0.25) is 0 Å². The van der Waals surface area contributed by atoms with Crippen LogP contribution in [0.25, 0.3) is 0 Å². The van der Waals surface area contributed by atoms with Gasteiger partial charge >= 0.3 is 0 Å². The highest BCUT2D eigenvalue weighted by Gasteiger charge is 2.26. The zero-order valence-electron chi connectivity index (χ0n) is 8.80. The molecule has 0 saturated heterocycles. The average molecular weight is 228 g/mol. The summed E-state index contributed by atoms with van der Waals surface area (Å²) in [5.41, 5.74) is 0. The van der Waals surface area contributed by atoms with Crippen LogP contribution in [0.15, 0.2) is 0 Å². The second kappa shape index (κ2) is 5.44. The summed E-state index contributed by atoms with van der Waals surface area (Å²) in [4.78, 5) is 0. The predicted octanol–water partition coefficient (Wildman–Crippen LogP) is 4.46. The summed E-state index contributed by atoms with van der Waals surface area (Å²) in [6.45, 7) is 9.79. The number of hydrogen-bond donors (Lipinski definition) is 0. The second-order valence-corrected chi connectivity index (χ2v) is 7.54. The number of hydrogen-bond acceptors (Lipinski definition) is 2. The summed E-state index contributed by atoms with van der Waals surface area (Å²) < 4.78 is 25.0. The van der Waals surface area contributed by atoms with Crippen molar-refractivity contribution in [1.29, 1.82) is 0 Å². The Hall–Kier alpha value is 0.560. The summed E-state index contributed by atoms with van der Waals surface area (Å²) >= 11 is 0. The van der Waals surface area contributed by atoms with Gasteiger partial charge in [-0.05, 0) is 5.92 Å². The number of halogens is 2. The second-order valence-electron chi connectivity index (χ2n) is 4.34. The first kappa shape index (κ1) is 13.6. The standard InChI is InChI=1S/C9H18F2S2/c1-6(2)7(8(10)11)12-13-9(3,4)5/h6-8H,1-5H3/t7-/m0/s1. The van der Waals surface area contributed by atoms with E-state index in [1.54, 1.807) is 0 Å². The summed E-state index contributed by atoms with van der Waals surface area (Å²) in [6, 6.07) is 0. The van der Waals surface area contributed by atoms with Crippen LogP contribution in [0.1, 0.15) is 34.6 Å². The third-order valence-electron chi connectivity index (χ3n) is 1.31. The molecule has 0 aromatic carbocycles. The van der Waals surface area contributed by atoms with E-state index in [1.807, 2.05) is 34.6 Å². The minimum Gasteiger partial charge on any atom is -0.209 e. The van der Waals surface area contributed by atoms with E-state index in [1.165, 1.54) is 21.6 Å². The quantitative estimate of drug-likeness (QED) is 0.652. The van der Waals surface area contributed by atoms with E-state index in [4.69, 9.17) is 0 Å². The molecule has 0 rings (SSSR count).